The van der Waals surface area contributed by atoms with E-state index in [-0.39, 0.29) is 29.9 Å². The molecule has 0 fully saturated rings. The summed E-state index contributed by atoms with van der Waals surface area (Å²) in [4.78, 5) is 22.5. The molecule has 86 valence electrons. The minimum Gasteiger partial charge on any atom is -0.507 e. The lowest BCUT2D eigenvalue weighted by molar-refractivity contribution is -0.140. The molecule has 4 heteroatoms. The molecular formula is C12H14O4. The highest BCUT2D eigenvalue weighted by Crippen LogP contribution is 2.23. The van der Waals surface area contributed by atoms with Crippen molar-refractivity contribution in [2.45, 2.75) is 19.8 Å². The molecule has 1 N–H and O–H groups in total. The number of aromatic hydroxyl groups is 1. The number of carbonyl (C=O) groups excluding carboxylic acids is 2. The predicted octanol–water partition coefficient (Wildman–Crippen LogP) is 1.84. The van der Waals surface area contributed by atoms with Crippen LogP contribution in [0, 0.1) is 6.92 Å². The Morgan fingerprint density at radius 3 is 2.62 bits per heavy atom. The van der Waals surface area contributed by atoms with Crippen molar-refractivity contribution in [1.82, 2.24) is 0 Å². The minimum absolute atomic E-state index is 0.0163. The van der Waals surface area contributed by atoms with E-state index < -0.39 is 5.97 Å². The second kappa shape index (κ2) is 5.30. The topological polar surface area (TPSA) is 63.6 Å². The summed E-state index contributed by atoms with van der Waals surface area (Å²) in [5.74, 6) is -0.704. The van der Waals surface area contributed by atoms with Crippen LogP contribution in [0.1, 0.15) is 28.8 Å². The summed E-state index contributed by atoms with van der Waals surface area (Å²) in [7, 11) is 1.27. The second-order valence-corrected chi connectivity index (χ2v) is 3.47. The van der Waals surface area contributed by atoms with Gasteiger partial charge in [0.05, 0.1) is 19.1 Å². The normalized spacial score (nSPS) is 9.88. The Kier molecular flexibility index (Phi) is 4.05. The van der Waals surface area contributed by atoms with Crippen molar-refractivity contribution in [2.24, 2.45) is 0 Å². The molecule has 1 aromatic carbocycles. The number of phenolic OH excluding ortho intramolecular Hbond substituents is 1. The van der Waals surface area contributed by atoms with Gasteiger partial charge in [0.25, 0.3) is 0 Å². The number of Topliss-reactive ketones (excluding diaryl/α,β-unsaturated/α-hetero) is 1. The van der Waals surface area contributed by atoms with E-state index in [4.69, 9.17) is 0 Å². The number of ketones is 1. The van der Waals surface area contributed by atoms with Gasteiger partial charge in [-0.25, -0.2) is 0 Å². The van der Waals surface area contributed by atoms with E-state index in [1.54, 1.807) is 25.1 Å². The Bertz CT molecular complexity index is 409. The number of hydrogen-bond acceptors (Lipinski definition) is 4. The summed E-state index contributed by atoms with van der Waals surface area (Å²) >= 11 is 0. The van der Waals surface area contributed by atoms with E-state index in [9.17, 15) is 14.7 Å². The van der Waals surface area contributed by atoms with Gasteiger partial charge in [-0.1, -0.05) is 12.1 Å². The van der Waals surface area contributed by atoms with Crippen LogP contribution < -0.4 is 0 Å². The number of methoxy groups -OCH3 is 1. The van der Waals surface area contributed by atoms with Crippen LogP contribution in [0.25, 0.3) is 0 Å². The molecule has 0 aromatic heterocycles. The van der Waals surface area contributed by atoms with Crippen LogP contribution in [0.2, 0.25) is 0 Å². The van der Waals surface area contributed by atoms with E-state index in [2.05, 4.69) is 4.74 Å². The Balaban J connectivity index is 2.74. The van der Waals surface area contributed by atoms with Crippen LogP contribution in [-0.4, -0.2) is 24.0 Å². The summed E-state index contributed by atoms with van der Waals surface area (Å²) < 4.78 is 4.44. The lowest BCUT2D eigenvalue weighted by Crippen LogP contribution is -2.06. The molecule has 1 aromatic rings. The van der Waals surface area contributed by atoms with Gasteiger partial charge in [-0.05, 0) is 18.6 Å². The van der Waals surface area contributed by atoms with Gasteiger partial charge in [0.15, 0.2) is 5.78 Å². The van der Waals surface area contributed by atoms with Crippen molar-refractivity contribution in [2.75, 3.05) is 7.11 Å². The SMILES string of the molecule is COC(=O)CCC(=O)c1cccc(C)c1O. The Morgan fingerprint density at radius 1 is 1.31 bits per heavy atom. The van der Waals surface area contributed by atoms with Gasteiger partial charge < -0.3 is 9.84 Å². The number of esters is 1. The zero-order chi connectivity index (χ0) is 12.1. The molecule has 0 heterocycles. The predicted molar refractivity (Wildman–Crippen MR) is 58.4 cm³/mol. The number of benzene rings is 1. The van der Waals surface area contributed by atoms with Gasteiger partial charge in [-0.15, -0.1) is 0 Å². The quantitative estimate of drug-likeness (QED) is 0.623. The second-order valence-electron chi connectivity index (χ2n) is 3.47. The maximum atomic E-state index is 11.7. The van der Waals surface area contributed by atoms with Crippen molar-refractivity contribution in [3.63, 3.8) is 0 Å². The Morgan fingerprint density at radius 2 is 2.00 bits per heavy atom. The Hall–Kier alpha value is -1.84. The first kappa shape index (κ1) is 12.2. The number of rotatable bonds is 4. The van der Waals surface area contributed by atoms with Gasteiger partial charge in [0.2, 0.25) is 0 Å². The molecule has 4 nitrogen and oxygen atoms in total. The molecule has 16 heavy (non-hydrogen) atoms. The fourth-order valence-electron chi connectivity index (χ4n) is 1.34. The van der Waals surface area contributed by atoms with Crippen LogP contribution in [0.4, 0.5) is 0 Å². The molecule has 0 atom stereocenters. The smallest absolute Gasteiger partial charge is 0.305 e. The molecule has 0 aliphatic carbocycles. The van der Waals surface area contributed by atoms with Gasteiger partial charge in [0.1, 0.15) is 5.75 Å². The van der Waals surface area contributed by atoms with Crippen molar-refractivity contribution in [1.29, 1.82) is 0 Å². The largest absolute Gasteiger partial charge is 0.507 e. The van der Waals surface area contributed by atoms with Gasteiger partial charge in [-0.2, -0.15) is 0 Å². The van der Waals surface area contributed by atoms with E-state index in [1.165, 1.54) is 7.11 Å². The monoisotopic (exact) mass is 222 g/mol. The van der Waals surface area contributed by atoms with Crippen LogP contribution in [0.15, 0.2) is 18.2 Å². The summed E-state index contributed by atoms with van der Waals surface area (Å²) in [6, 6.07) is 4.95. The highest BCUT2D eigenvalue weighted by atomic mass is 16.5. The van der Waals surface area contributed by atoms with Crippen molar-refractivity contribution in [3.8, 4) is 5.75 Å². The number of para-hydroxylation sites is 1. The average molecular weight is 222 g/mol. The summed E-state index contributed by atoms with van der Waals surface area (Å²) in [5.41, 5.74) is 0.896. The van der Waals surface area contributed by atoms with Gasteiger partial charge >= 0.3 is 5.97 Å². The van der Waals surface area contributed by atoms with Crippen molar-refractivity contribution in [3.05, 3.63) is 29.3 Å². The summed E-state index contributed by atoms with van der Waals surface area (Å²) in [6.45, 7) is 1.71. The highest BCUT2D eigenvalue weighted by Gasteiger charge is 2.13. The fraction of sp³-hybridized carbons (Fsp3) is 0.333. The molecule has 0 amide bonds. The highest BCUT2D eigenvalue weighted by molar-refractivity contribution is 6.00. The van der Waals surface area contributed by atoms with Gasteiger partial charge in [0, 0.05) is 6.42 Å². The molecule has 0 radical (unpaired) electrons. The first-order chi connectivity index (χ1) is 7.56. The molecule has 0 saturated heterocycles. The van der Waals surface area contributed by atoms with Gasteiger partial charge in [-0.3, -0.25) is 9.59 Å². The van der Waals surface area contributed by atoms with Crippen LogP contribution >= 0.6 is 0 Å². The molecule has 0 saturated carbocycles. The van der Waals surface area contributed by atoms with Crippen LogP contribution in [0.3, 0.4) is 0 Å². The zero-order valence-corrected chi connectivity index (χ0v) is 9.32. The molecule has 0 spiro atoms. The average Bonchev–Trinajstić information content (AvgIpc) is 2.29. The zero-order valence-electron chi connectivity index (χ0n) is 9.32. The number of phenols is 1. The lowest BCUT2D eigenvalue weighted by Gasteiger charge is -2.05. The summed E-state index contributed by atoms with van der Waals surface area (Å²) in [5, 5.41) is 9.65. The fourth-order valence-corrected chi connectivity index (χ4v) is 1.34. The molecule has 0 unspecified atom stereocenters. The molecule has 1 rings (SSSR count). The van der Waals surface area contributed by atoms with E-state index in [0.717, 1.165) is 0 Å². The standard InChI is InChI=1S/C12H14O4/c1-8-4-3-5-9(12(8)15)10(13)6-7-11(14)16-2/h3-5,15H,6-7H2,1-2H3. The third-order valence-corrected chi connectivity index (χ3v) is 2.32. The number of hydrogen-bond donors (Lipinski definition) is 1. The summed E-state index contributed by atoms with van der Waals surface area (Å²) in [6.07, 6.45) is 0.0758. The number of aryl methyl sites for hydroxylation is 1. The van der Waals surface area contributed by atoms with Crippen LogP contribution in [-0.2, 0) is 9.53 Å². The first-order valence-electron chi connectivity index (χ1n) is 4.95. The third-order valence-electron chi connectivity index (χ3n) is 2.32. The van der Waals surface area contributed by atoms with Crippen molar-refractivity contribution >= 4 is 11.8 Å². The molecular weight excluding hydrogens is 208 g/mol. The van der Waals surface area contributed by atoms with E-state index in [1.807, 2.05) is 0 Å². The number of ether oxygens (including phenoxy) is 1. The van der Waals surface area contributed by atoms with E-state index in [0.29, 0.717) is 5.56 Å². The maximum absolute atomic E-state index is 11.7. The molecule has 0 bridgehead atoms. The third kappa shape index (κ3) is 2.82. The Labute approximate surface area is 93.9 Å². The van der Waals surface area contributed by atoms with Crippen LogP contribution in [0.5, 0.6) is 5.75 Å². The van der Waals surface area contributed by atoms with E-state index >= 15 is 0 Å². The minimum atomic E-state index is -0.430. The lowest BCUT2D eigenvalue weighted by atomic mass is 10.0. The first-order valence-corrected chi connectivity index (χ1v) is 4.95. The maximum Gasteiger partial charge on any atom is 0.305 e. The van der Waals surface area contributed by atoms with Crippen molar-refractivity contribution < 1.29 is 19.4 Å². The number of carbonyl (C=O) groups is 2. The molecule has 0 aliphatic rings. The molecule has 0 aliphatic heterocycles.